The Labute approximate surface area is 122 Å². The van der Waals surface area contributed by atoms with Gasteiger partial charge in [0, 0.05) is 25.0 Å². The van der Waals surface area contributed by atoms with Crippen molar-refractivity contribution in [3.05, 3.63) is 66.0 Å². The Balaban J connectivity index is 2.00. The van der Waals surface area contributed by atoms with E-state index in [1.54, 1.807) is 0 Å². The lowest BCUT2D eigenvalue weighted by Crippen LogP contribution is -2.27. The monoisotopic (exact) mass is 268 g/mol. The second-order valence-electron chi connectivity index (χ2n) is 5.67. The van der Waals surface area contributed by atoms with Crippen molar-refractivity contribution >= 4 is 0 Å². The summed E-state index contributed by atoms with van der Waals surface area (Å²) >= 11 is 0. The first-order valence-electron chi connectivity index (χ1n) is 7.36. The van der Waals surface area contributed by atoms with Crippen molar-refractivity contribution in [3.63, 3.8) is 0 Å². The Hall–Kier alpha value is -1.67. The summed E-state index contributed by atoms with van der Waals surface area (Å²) in [5, 5.41) is 3.65. The molecule has 2 rings (SSSR count). The zero-order chi connectivity index (χ0) is 14.4. The van der Waals surface area contributed by atoms with Gasteiger partial charge in [0.05, 0.1) is 0 Å². The van der Waals surface area contributed by atoms with E-state index in [-0.39, 0.29) is 0 Å². The van der Waals surface area contributed by atoms with Gasteiger partial charge in [-0.25, -0.2) is 0 Å². The van der Waals surface area contributed by atoms with Gasteiger partial charge in [-0.3, -0.25) is 4.98 Å². The fourth-order valence-electron chi connectivity index (χ4n) is 2.51. The van der Waals surface area contributed by atoms with Crippen LogP contribution in [0.25, 0.3) is 0 Å². The predicted molar refractivity (Wildman–Crippen MR) is 84.7 cm³/mol. The highest BCUT2D eigenvalue weighted by Crippen LogP contribution is 2.24. The first-order valence-corrected chi connectivity index (χ1v) is 7.36. The molecule has 0 bridgehead atoms. The number of nitrogens with zero attached hydrogens (tertiary/aromatic N) is 1. The summed E-state index contributed by atoms with van der Waals surface area (Å²) in [4.78, 5) is 4.07. The largest absolute Gasteiger partial charge is 0.310 e. The third kappa shape index (κ3) is 3.91. The molecule has 2 nitrogen and oxygen atoms in total. The van der Waals surface area contributed by atoms with Gasteiger partial charge in [-0.1, -0.05) is 44.2 Å². The lowest BCUT2D eigenvalue weighted by Gasteiger charge is -2.24. The predicted octanol–water partition coefficient (Wildman–Crippen LogP) is 4.17. The second-order valence-corrected chi connectivity index (χ2v) is 5.67. The van der Waals surface area contributed by atoms with Crippen LogP contribution in [-0.4, -0.2) is 11.5 Å². The molecule has 0 saturated carbocycles. The van der Waals surface area contributed by atoms with Gasteiger partial charge >= 0.3 is 0 Å². The van der Waals surface area contributed by atoms with Crippen LogP contribution in [0.2, 0.25) is 0 Å². The Bertz CT molecular complexity index is 493. The molecule has 0 saturated heterocycles. The molecule has 2 atom stereocenters. The fraction of sp³-hybridized carbons (Fsp3) is 0.389. The summed E-state index contributed by atoms with van der Waals surface area (Å²) in [5.41, 5.74) is 2.70. The van der Waals surface area contributed by atoms with Crippen LogP contribution in [0.5, 0.6) is 0 Å². The summed E-state index contributed by atoms with van der Waals surface area (Å²) in [6.07, 6.45) is 3.70. The van der Waals surface area contributed by atoms with Gasteiger partial charge in [-0.15, -0.1) is 0 Å². The fourth-order valence-corrected chi connectivity index (χ4v) is 2.51. The zero-order valence-corrected chi connectivity index (χ0v) is 12.6. The molecule has 1 aromatic heterocycles. The minimum absolute atomic E-state index is 0.350. The van der Waals surface area contributed by atoms with Crippen LogP contribution in [0.3, 0.4) is 0 Å². The first-order chi connectivity index (χ1) is 9.68. The van der Waals surface area contributed by atoms with Crippen molar-refractivity contribution in [1.82, 2.24) is 10.3 Å². The van der Waals surface area contributed by atoms with E-state index in [9.17, 15) is 0 Å². The number of pyridine rings is 1. The third-order valence-corrected chi connectivity index (χ3v) is 3.88. The van der Waals surface area contributed by atoms with Gasteiger partial charge < -0.3 is 5.32 Å². The molecular formula is C18H24N2. The molecule has 1 N–H and O–H groups in total. The number of hydrogen-bond donors (Lipinski definition) is 1. The molecule has 1 unspecified atom stereocenters. The topological polar surface area (TPSA) is 24.9 Å². The van der Waals surface area contributed by atoms with Crippen LogP contribution >= 0.6 is 0 Å². The minimum atomic E-state index is 0.350. The summed E-state index contributed by atoms with van der Waals surface area (Å²) in [5.74, 6) is 1.16. The Morgan fingerprint density at radius 3 is 2.15 bits per heavy atom. The van der Waals surface area contributed by atoms with E-state index in [0.29, 0.717) is 17.9 Å². The molecule has 0 fully saturated rings. The van der Waals surface area contributed by atoms with Gasteiger partial charge in [0.2, 0.25) is 0 Å². The van der Waals surface area contributed by atoms with E-state index < -0.39 is 0 Å². The van der Waals surface area contributed by atoms with Crippen molar-refractivity contribution in [1.29, 1.82) is 0 Å². The Morgan fingerprint density at radius 2 is 1.55 bits per heavy atom. The maximum Gasteiger partial charge on any atom is 0.0293 e. The van der Waals surface area contributed by atoms with E-state index in [1.165, 1.54) is 11.1 Å². The highest BCUT2D eigenvalue weighted by Gasteiger charge is 2.16. The van der Waals surface area contributed by atoms with Crippen molar-refractivity contribution in [2.75, 3.05) is 6.54 Å². The number of nitrogens with one attached hydrogen (secondary N) is 1. The molecule has 106 valence electrons. The van der Waals surface area contributed by atoms with Crippen LogP contribution in [-0.2, 0) is 0 Å². The average Bonchev–Trinajstić information content (AvgIpc) is 2.49. The summed E-state index contributed by atoms with van der Waals surface area (Å²) in [6.45, 7) is 7.77. The van der Waals surface area contributed by atoms with Crippen molar-refractivity contribution in [2.45, 2.75) is 32.7 Å². The quantitative estimate of drug-likeness (QED) is 0.850. The van der Waals surface area contributed by atoms with Gasteiger partial charge in [0.1, 0.15) is 0 Å². The number of rotatable bonds is 6. The van der Waals surface area contributed by atoms with E-state index in [4.69, 9.17) is 0 Å². The van der Waals surface area contributed by atoms with Crippen LogP contribution in [0, 0.1) is 5.92 Å². The standard InChI is InChI=1S/C18H24N2/c1-14(2)18(17-7-5-4-6-8-17)13-20-15(3)16-9-11-19-12-10-16/h4-12,14-15,18,20H,13H2,1-3H3/t15-,18?/m0/s1. The molecular weight excluding hydrogens is 244 g/mol. The normalized spacial score (nSPS) is 14.2. The molecule has 1 aromatic carbocycles. The van der Waals surface area contributed by atoms with Crippen LogP contribution in [0.4, 0.5) is 0 Å². The van der Waals surface area contributed by atoms with E-state index in [1.807, 2.05) is 12.4 Å². The van der Waals surface area contributed by atoms with E-state index >= 15 is 0 Å². The van der Waals surface area contributed by atoms with Gasteiger partial charge in [-0.2, -0.15) is 0 Å². The molecule has 0 radical (unpaired) electrons. The van der Waals surface area contributed by atoms with Crippen molar-refractivity contribution < 1.29 is 0 Å². The third-order valence-electron chi connectivity index (χ3n) is 3.88. The number of benzene rings is 1. The second kappa shape index (κ2) is 7.20. The maximum absolute atomic E-state index is 4.07. The molecule has 0 aliphatic rings. The molecule has 0 aliphatic carbocycles. The molecule has 2 heteroatoms. The Kier molecular flexibility index (Phi) is 5.31. The highest BCUT2D eigenvalue weighted by molar-refractivity contribution is 5.21. The minimum Gasteiger partial charge on any atom is -0.310 e. The average molecular weight is 268 g/mol. The summed E-state index contributed by atoms with van der Waals surface area (Å²) in [6, 6.07) is 15.3. The number of hydrogen-bond acceptors (Lipinski definition) is 2. The lowest BCUT2D eigenvalue weighted by molar-refractivity contribution is 0.436. The highest BCUT2D eigenvalue weighted by atomic mass is 14.9. The summed E-state index contributed by atoms with van der Waals surface area (Å²) in [7, 11) is 0. The smallest absolute Gasteiger partial charge is 0.0293 e. The molecule has 1 heterocycles. The zero-order valence-electron chi connectivity index (χ0n) is 12.6. The lowest BCUT2D eigenvalue weighted by atomic mass is 9.88. The molecule has 20 heavy (non-hydrogen) atoms. The molecule has 2 aromatic rings. The van der Waals surface area contributed by atoms with Gasteiger partial charge in [0.25, 0.3) is 0 Å². The number of aromatic nitrogens is 1. The maximum atomic E-state index is 4.07. The van der Waals surface area contributed by atoms with Crippen LogP contribution in [0.1, 0.15) is 43.9 Å². The molecule has 0 spiro atoms. The van der Waals surface area contributed by atoms with Crippen molar-refractivity contribution in [3.8, 4) is 0 Å². The van der Waals surface area contributed by atoms with Gasteiger partial charge in [0.15, 0.2) is 0 Å². The van der Waals surface area contributed by atoms with Crippen LogP contribution in [0.15, 0.2) is 54.9 Å². The Morgan fingerprint density at radius 1 is 0.900 bits per heavy atom. The molecule has 0 aliphatic heterocycles. The first kappa shape index (κ1) is 14.7. The van der Waals surface area contributed by atoms with E-state index in [0.717, 1.165) is 6.54 Å². The molecule has 0 amide bonds. The van der Waals surface area contributed by atoms with E-state index in [2.05, 4.69) is 73.5 Å². The van der Waals surface area contributed by atoms with Crippen molar-refractivity contribution in [2.24, 2.45) is 5.92 Å². The summed E-state index contributed by atoms with van der Waals surface area (Å²) < 4.78 is 0. The van der Waals surface area contributed by atoms with Gasteiger partial charge in [-0.05, 0) is 42.0 Å². The SMILES string of the molecule is CC(C)C(CN[C@@H](C)c1ccncc1)c1ccccc1. The van der Waals surface area contributed by atoms with Crippen LogP contribution < -0.4 is 5.32 Å².